The van der Waals surface area contributed by atoms with Gasteiger partial charge in [-0.1, -0.05) is 30.3 Å². The number of fused-ring (bicyclic) bond motifs is 8. The van der Waals surface area contributed by atoms with Crippen molar-refractivity contribution >= 4 is 23.7 Å². The molecule has 0 aromatic heterocycles. The van der Waals surface area contributed by atoms with E-state index in [0.29, 0.717) is 13.1 Å². The summed E-state index contributed by atoms with van der Waals surface area (Å²) in [5, 5.41) is 0. The van der Waals surface area contributed by atoms with E-state index in [4.69, 9.17) is 42.6 Å². The molecule has 49 heavy (non-hydrogen) atoms. The van der Waals surface area contributed by atoms with Gasteiger partial charge < -0.3 is 57.3 Å². The number of hydrogen-bond acceptors (Lipinski definition) is 14. The van der Waals surface area contributed by atoms with Crippen molar-refractivity contribution in [2.45, 2.75) is 80.5 Å². The zero-order chi connectivity index (χ0) is 33.4. The lowest BCUT2D eigenvalue weighted by molar-refractivity contribution is -0.163. The van der Waals surface area contributed by atoms with E-state index in [1.54, 1.807) is 14.7 Å². The summed E-state index contributed by atoms with van der Waals surface area (Å²) in [5.74, 6) is -1.41. The molecule has 0 saturated carbocycles. The van der Waals surface area contributed by atoms with Crippen molar-refractivity contribution < 1.29 is 61.8 Å². The largest absolute Gasteiger partial charge is 0.467 e. The maximum atomic E-state index is 13.8. The van der Waals surface area contributed by atoms with Gasteiger partial charge in [0, 0.05) is 13.1 Å². The first kappa shape index (κ1) is 31.7. The average molecular weight is 687 g/mol. The number of carbonyl (C=O) groups excluding carboxylic acids is 4. The molecule has 1 aromatic rings. The van der Waals surface area contributed by atoms with Crippen LogP contribution in [0.25, 0.3) is 0 Å². The van der Waals surface area contributed by atoms with Gasteiger partial charge in [-0.05, 0) is 5.56 Å². The molecule has 12 atom stereocenters. The van der Waals surface area contributed by atoms with E-state index >= 15 is 0 Å². The molecule has 264 valence electrons. The summed E-state index contributed by atoms with van der Waals surface area (Å²) in [7, 11) is 1.27. The second-order valence-electron chi connectivity index (χ2n) is 13.6. The number of benzene rings is 1. The molecule has 9 rings (SSSR count). The second-order valence-corrected chi connectivity index (χ2v) is 13.6. The molecule has 0 radical (unpaired) electrons. The molecular weight excluding hydrogens is 648 g/mol. The van der Waals surface area contributed by atoms with Crippen molar-refractivity contribution in [1.82, 2.24) is 19.6 Å². The first-order chi connectivity index (χ1) is 23.8. The summed E-state index contributed by atoms with van der Waals surface area (Å²) in [5.41, 5.74) is 1.18. The summed E-state index contributed by atoms with van der Waals surface area (Å²) in [6.07, 6.45) is -8.75. The SMILES string of the molecule is COC(=O)[C@@H]1O[C@H]2CN(C(=O)[C@@H]3O[C@H]4CN(C(=O)[C@@H]5O[C@H]6CN(C(=O)[C@@H]7O[C@H]8CN(Cc9ccccc9)C[C@@H]7O8)C[C@@H]5O6)C[C@@H]3O4)C[C@@H]1O2. The van der Waals surface area contributed by atoms with Crippen molar-refractivity contribution in [2.24, 2.45) is 0 Å². The zero-order valence-electron chi connectivity index (χ0n) is 26.8. The van der Waals surface area contributed by atoms with Crippen LogP contribution in [0.3, 0.4) is 0 Å². The smallest absolute Gasteiger partial charge is 0.337 e. The van der Waals surface area contributed by atoms with Crippen LogP contribution >= 0.6 is 0 Å². The summed E-state index contributed by atoms with van der Waals surface area (Å²) in [4.78, 5) is 60.2. The molecule has 0 spiro atoms. The maximum absolute atomic E-state index is 13.8. The number of ether oxygens (including phenoxy) is 9. The fraction of sp³-hybridized carbons (Fsp3) is 0.688. The van der Waals surface area contributed by atoms with Gasteiger partial charge in [0.05, 0.1) is 52.9 Å². The van der Waals surface area contributed by atoms with E-state index in [-0.39, 0.29) is 57.0 Å². The highest BCUT2D eigenvalue weighted by molar-refractivity contribution is 5.85. The maximum Gasteiger partial charge on any atom is 0.337 e. The number of amides is 3. The third kappa shape index (κ3) is 5.80. The minimum atomic E-state index is -0.943. The van der Waals surface area contributed by atoms with E-state index in [0.717, 1.165) is 6.54 Å². The van der Waals surface area contributed by atoms with Crippen molar-refractivity contribution in [3.05, 3.63) is 35.9 Å². The van der Waals surface area contributed by atoms with Gasteiger partial charge in [-0.2, -0.15) is 0 Å². The van der Waals surface area contributed by atoms with Gasteiger partial charge in [0.1, 0.15) is 24.4 Å². The number of morpholine rings is 4. The minimum absolute atomic E-state index is 0.108. The Morgan fingerprint density at radius 3 is 1.43 bits per heavy atom. The molecule has 8 aliphatic heterocycles. The van der Waals surface area contributed by atoms with Gasteiger partial charge in [0.15, 0.2) is 49.6 Å². The first-order valence-electron chi connectivity index (χ1n) is 16.7. The Labute approximate surface area is 281 Å². The number of nitrogens with zero attached hydrogens (tertiary/aromatic N) is 4. The lowest BCUT2D eigenvalue weighted by Crippen LogP contribution is -2.56. The predicted molar refractivity (Wildman–Crippen MR) is 158 cm³/mol. The summed E-state index contributed by atoms with van der Waals surface area (Å²) >= 11 is 0. The van der Waals surface area contributed by atoms with Crippen molar-refractivity contribution in [3.63, 3.8) is 0 Å². The van der Waals surface area contributed by atoms with Gasteiger partial charge in [0.2, 0.25) is 0 Å². The second kappa shape index (κ2) is 12.5. The first-order valence-corrected chi connectivity index (χ1v) is 16.7. The standard InChI is InChI=1S/C32H38N4O13/c1-41-32(40)28-20-11-36(15-24(45-20)49-28)31(39)27-19-10-35(14-23(44-19)48-27)30(38)26-18-9-34(13-22(43-18)47-26)29(37)25-17-8-33(12-21(42-17)46-25)7-16-5-3-2-4-6-16/h2-6,17-28H,7-15H2,1H3/t17-,18-,19-,20-,21-,22-,23-,24-,25+,26+,27+,28+/m0/s1. The van der Waals surface area contributed by atoms with Crippen LogP contribution in [0.2, 0.25) is 0 Å². The lowest BCUT2D eigenvalue weighted by Gasteiger charge is -2.35. The molecule has 8 aliphatic rings. The number of rotatable bonds is 6. The average Bonchev–Trinajstić information content (AvgIpc) is 3.80. The summed E-state index contributed by atoms with van der Waals surface area (Å²) in [6.45, 7) is 2.68. The third-order valence-electron chi connectivity index (χ3n) is 10.4. The van der Waals surface area contributed by atoms with E-state index in [2.05, 4.69) is 17.0 Å². The molecule has 8 heterocycles. The van der Waals surface area contributed by atoms with E-state index in [1.165, 1.54) is 12.7 Å². The molecule has 0 N–H and O–H groups in total. The molecular formula is C32H38N4O13. The van der Waals surface area contributed by atoms with Crippen molar-refractivity contribution in [1.29, 1.82) is 0 Å². The van der Waals surface area contributed by atoms with E-state index in [9.17, 15) is 19.2 Å². The van der Waals surface area contributed by atoms with Crippen LogP contribution in [0.15, 0.2) is 30.3 Å². The highest BCUT2D eigenvalue weighted by atomic mass is 16.8. The third-order valence-corrected chi connectivity index (χ3v) is 10.4. The Bertz CT molecular complexity index is 1490. The van der Waals surface area contributed by atoms with Crippen LogP contribution in [0.4, 0.5) is 0 Å². The van der Waals surface area contributed by atoms with Crippen LogP contribution in [0.5, 0.6) is 0 Å². The molecule has 17 heteroatoms. The molecule has 17 nitrogen and oxygen atoms in total. The van der Waals surface area contributed by atoms with E-state index in [1.807, 2.05) is 18.2 Å². The number of methoxy groups -OCH3 is 1. The quantitative estimate of drug-likeness (QED) is 0.292. The lowest BCUT2D eigenvalue weighted by atomic mass is 10.1. The Kier molecular flexibility index (Phi) is 8.09. The molecule has 8 fully saturated rings. The monoisotopic (exact) mass is 686 g/mol. The van der Waals surface area contributed by atoms with Crippen LogP contribution < -0.4 is 0 Å². The van der Waals surface area contributed by atoms with Gasteiger partial charge in [-0.15, -0.1) is 0 Å². The predicted octanol–water partition coefficient (Wildman–Crippen LogP) is -2.36. The van der Waals surface area contributed by atoms with Crippen LogP contribution in [0.1, 0.15) is 5.56 Å². The Hall–Kier alpha value is -3.26. The fourth-order valence-corrected chi connectivity index (χ4v) is 8.08. The van der Waals surface area contributed by atoms with Gasteiger partial charge in [-0.3, -0.25) is 19.3 Å². The molecule has 1 aromatic carbocycles. The normalized spacial score (nSPS) is 40.9. The van der Waals surface area contributed by atoms with Crippen LogP contribution in [-0.2, 0) is 68.4 Å². The van der Waals surface area contributed by atoms with Crippen molar-refractivity contribution in [2.75, 3.05) is 59.5 Å². The van der Waals surface area contributed by atoms with Crippen molar-refractivity contribution in [3.8, 4) is 0 Å². The summed E-state index contributed by atoms with van der Waals surface area (Å²) < 4.78 is 52.1. The molecule has 8 saturated heterocycles. The zero-order valence-corrected chi connectivity index (χ0v) is 26.8. The highest BCUT2D eigenvalue weighted by Crippen LogP contribution is 2.35. The topological polar surface area (TPSA) is 164 Å². The molecule has 0 unspecified atom stereocenters. The van der Waals surface area contributed by atoms with Crippen LogP contribution in [-0.4, -0.2) is 177 Å². The Morgan fingerprint density at radius 1 is 0.551 bits per heavy atom. The Balaban J connectivity index is 0.799. The van der Waals surface area contributed by atoms with Gasteiger partial charge in [-0.25, -0.2) is 4.79 Å². The summed E-state index contributed by atoms with van der Waals surface area (Å²) in [6, 6.07) is 10.1. The van der Waals surface area contributed by atoms with E-state index < -0.39 is 80.0 Å². The number of esters is 1. The van der Waals surface area contributed by atoms with Gasteiger partial charge in [0.25, 0.3) is 17.7 Å². The van der Waals surface area contributed by atoms with Crippen LogP contribution in [0, 0.1) is 0 Å². The fourth-order valence-electron chi connectivity index (χ4n) is 8.08. The van der Waals surface area contributed by atoms with Gasteiger partial charge >= 0.3 is 5.97 Å². The molecule has 0 aliphatic carbocycles. The molecule has 3 amide bonds. The highest BCUT2D eigenvalue weighted by Gasteiger charge is 2.56. The number of carbonyl (C=O) groups is 4. The minimum Gasteiger partial charge on any atom is -0.467 e. The molecule has 8 bridgehead atoms. The Morgan fingerprint density at radius 2 is 0.959 bits per heavy atom. The number of hydrogen-bond donors (Lipinski definition) is 0.